The maximum absolute atomic E-state index is 12.2. The fourth-order valence-corrected chi connectivity index (χ4v) is 4.09. The maximum Gasteiger partial charge on any atom is 0.292 e. The number of nitrogens with one attached hydrogen (secondary N) is 2. The number of aryl methyl sites for hydroxylation is 2. The van der Waals surface area contributed by atoms with Crippen LogP contribution in [0, 0.1) is 24.0 Å². The third-order valence-corrected chi connectivity index (χ3v) is 6.13. The van der Waals surface area contributed by atoms with Gasteiger partial charge in [0.1, 0.15) is 5.69 Å². The van der Waals surface area contributed by atoms with Gasteiger partial charge < -0.3 is 10.6 Å². The molecule has 0 aliphatic carbocycles. The Balaban J connectivity index is 1.58. The van der Waals surface area contributed by atoms with E-state index in [1.54, 1.807) is 0 Å². The Bertz CT molecular complexity index is 1070. The van der Waals surface area contributed by atoms with Gasteiger partial charge in [-0.1, -0.05) is 40.8 Å². The molecule has 0 radical (unpaired) electrons. The number of aromatic nitrogens is 2. The van der Waals surface area contributed by atoms with E-state index in [1.807, 2.05) is 32.0 Å². The first-order chi connectivity index (χ1) is 13.8. The predicted octanol–water partition coefficient (Wildman–Crippen LogP) is 5.19. The fraction of sp³-hybridized carbons (Fsp3) is 0.167. The van der Waals surface area contributed by atoms with Crippen LogP contribution in [0.5, 0.6) is 0 Å². The zero-order valence-electron chi connectivity index (χ0n) is 15.4. The molecule has 3 aromatic rings. The number of nitro benzene ring substituents is 1. The second-order valence-electron chi connectivity index (χ2n) is 6.05. The van der Waals surface area contributed by atoms with Crippen molar-refractivity contribution < 1.29 is 9.72 Å². The lowest BCUT2D eigenvalue weighted by molar-refractivity contribution is -0.383. The first-order valence-corrected chi connectivity index (χ1v) is 10.5. The second kappa shape index (κ2) is 9.21. The lowest BCUT2D eigenvalue weighted by Gasteiger charge is -2.05. The molecule has 0 saturated heterocycles. The first-order valence-electron chi connectivity index (χ1n) is 8.36. The maximum atomic E-state index is 12.2. The highest BCUT2D eigenvalue weighted by molar-refractivity contribution is 8.01. The molecule has 8 nitrogen and oxygen atoms in total. The molecule has 0 aliphatic heterocycles. The largest absolute Gasteiger partial charge is 0.330 e. The van der Waals surface area contributed by atoms with Crippen molar-refractivity contribution in [1.29, 1.82) is 0 Å². The topological polar surface area (TPSA) is 110 Å². The number of nitro groups is 1. The van der Waals surface area contributed by atoms with Gasteiger partial charge in [0.25, 0.3) is 5.69 Å². The standard InChI is InChI=1S/C18H16ClN5O3S2/c1-10-3-5-13(7-11(10)2)20-17-22-23-18(29-17)28-9-16(25)21-14-8-12(19)4-6-15(14)24(26)27/h3-8H,9H2,1-2H3,(H,20,22)(H,21,25). The number of carbonyl (C=O) groups excluding carboxylic acids is 1. The van der Waals surface area contributed by atoms with Crippen LogP contribution < -0.4 is 10.6 Å². The lowest BCUT2D eigenvalue weighted by Crippen LogP contribution is -2.15. The highest BCUT2D eigenvalue weighted by atomic mass is 35.5. The van der Waals surface area contributed by atoms with Crippen molar-refractivity contribution in [2.75, 3.05) is 16.4 Å². The van der Waals surface area contributed by atoms with Crippen molar-refractivity contribution in [1.82, 2.24) is 10.2 Å². The summed E-state index contributed by atoms with van der Waals surface area (Å²) in [6.07, 6.45) is 0. The lowest BCUT2D eigenvalue weighted by atomic mass is 10.1. The van der Waals surface area contributed by atoms with E-state index in [2.05, 4.69) is 20.8 Å². The molecule has 2 N–H and O–H groups in total. The van der Waals surface area contributed by atoms with Crippen molar-refractivity contribution >= 4 is 62.8 Å². The number of amides is 1. The molecule has 1 heterocycles. The summed E-state index contributed by atoms with van der Waals surface area (Å²) < 4.78 is 0.604. The Hall–Kier alpha value is -2.69. The molecule has 0 fully saturated rings. The van der Waals surface area contributed by atoms with Crippen LogP contribution >= 0.6 is 34.7 Å². The Morgan fingerprint density at radius 1 is 1.21 bits per heavy atom. The number of hydrogen-bond acceptors (Lipinski definition) is 8. The van der Waals surface area contributed by atoms with Crippen molar-refractivity contribution in [3.05, 3.63) is 62.7 Å². The minimum atomic E-state index is -0.575. The van der Waals surface area contributed by atoms with Gasteiger partial charge in [-0.2, -0.15) is 0 Å². The molecular weight excluding hydrogens is 434 g/mol. The van der Waals surface area contributed by atoms with E-state index in [9.17, 15) is 14.9 Å². The molecule has 0 bridgehead atoms. The molecule has 1 amide bonds. The van der Waals surface area contributed by atoms with Gasteiger partial charge in [-0.3, -0.25) is 14.9 Å². The number of nitrogens with zero attached hydrogens (tertiary/aromatic N) is 3. The summed E-state index contributed by atoms with van der Waals surface area (Å²) in [5.74, 6) is -0.374. The molecule has 0 aliphatic rings. The summed E-state index contributed by atoms with van der Waals surface area (Å²) in [5, 5.41) is 25.8. The minimum absolute atomic E-state index is 0.0297. The Morgan fingerprint density at radius 2 is 2.00 bits per heavy atom. The molecule has 0 unspecified atom stereocenters. The van der Waals surface area contributed by atoms with Crippen LogP contribution in [0.2, 0.25) is 5.02 Å². The minimum Gasteiger partial charge on any atom is -0.330 e. The zero-order chi connectivity index (χ0) is 21.0. The highest BCUT2D eigenvalue weighted by Crippen LogP contribution is 2.30. The van der Waals surface area contributed by atoms with Gasteiger partial charge in [-0.15, -0.1) is 10.2 Å². The molecule has 0 spiro atoms. The van der Waals surface area contributed by atoms with Crippen LogP contribution in [-0.2, 0) is 4.79 Å². The van der Waals surface area contributed by atoms with Crippen LogP contribution in [0.4, 0.5) is 22.2 Å². The Labute approximate surface area is 179 Å². The van der Waals surface area contributed by atoms with Gasteiger partial charge in [0.2, 0.25) is 11.0 Å². The molecule has 29 heavy (non-hydrogen) atoms. The summed E-state index contributed by atoms with van der Waals surface area (Å²) in [5.41, 5.74) is 3.12. The highest BCUT2D eigenvalue weighted by Gasteiger charge is 2.17. The first kappa shape index (κ1) is 21.0. The average Bonchev–Trinajstić information content (AvgIpc) is 3.10. The fourth-order valence-electron chi connectivity index (χ4n) is 2.34. The van der Waals surface area contributed by atoms with Gasteiger partial charge in [0, 0.05) is 16.8 Å². The third-order valence-electron chi connectivity index (χ3n) is 3.92. The van der Waals surface area contributed by atoms with Crippen molar-refractivity contribution in [3.8, 4) is 0 Å². The monoisotopic (exact) mass is 449 g/mol. The van der Waals surface area contributed by atoms with E-state index in [0.29, 0.717) is 14.5 Å². The van der Waals surface area contributed by atoms with Crippen LogP contribution in [0.3, 0.4) is 0 Å². The number of carbonyl (C=O) groups is 1. The molecule has 1 aromatic heterocycles. The van der Waals surface area contributed by atoms with Crippen molar-refractivity contribution in [2.24, 2.45) is 0 Å². The van der Waals surface area contributed by atoms with Gasteiger partial charge in [0.15, 0.2) is 4.34 Å². The second-order valence-corrected chi connectivity index (χ2v) is 8.69. The molecule has 0 atom stereocenters. The van der Waals surface area contributed by atoms with E-state index in [-0.39, 0.29) is 17.1 Å². The van der Waals surface area contributed by atoms with Crippen molar-refractivity contribution in [2.45, 2.75) is 18.2 Å². The quantitative estimate of drug-likeness (QED) is 0.290. The number of halogens is 1. The van der Waals surface area contributed by atoms with Crippen LogP contribution in [-0.4, -0.2) is 26.8 Å². The van der Waals surface area contributed by atoms with E-state index in [4.69, 9.17) is 11.6 Å². The molecule has 3 rings (SSSR count). The smallest absolute Gasteiger partial charge is 0.292 e. The molecule has 2 aromatic carbocycles. The number of anilines is 3. The molecule has 0 saturated carbocycles. The summed E-state index contributed by atoms with van der Waals surface area (Å²) in [6.45, 7) is 4.08. The number of rotatable bonds is 7. The summed E-state index contributed by atoms with van der Waals surface area (Å²) in [7, 11) is 0. The van der Waals surface area contributed by atoms with Gasteiger partial charge >= 0.3 is 0 Å². The Kier molecular flexibility index (Phi) is 6.68. The molecule has 11 heteroatoms. The van der Waals surface area contributed by atoms with Crippen LogP contribution in [0.25, 0.3) is 0 Å². The van der Waals surface area contributed by atoms with Crippen LogP contribution in [0.15, 0.2) is 40.7 Å². The van der Waals surface area contributed by atoms with Gasteiger partial charge in [-0.05, 0) is 49.2 Å². The zero-order valence-corrected chi connectivity index (χ0v) is 17.8. The summed E-state index contributed by atoms with van der Waals surface area (Å²) >= 11 is 8.37. The van der Waals surface area contributed by atoms with E-state index in [0.717, 1.165) is 5.69 Å². The van der Waals surface area contributed by atoms with Crippen molar-refractivity contribution in [3.63, 3.8) is 0 Å². The third kappa shape index (κ3) is 5.66. The van der Waals surface area contributed by atoms with E-state index < -0.39 is 10.8 Å². The SMILES string of the molecule is Cc1ccc(Nc2nnc(SCC(=O)Nc3cc(Cl)ccc3[N+](=O)[O-])s2)cc1C. The summed E-state index contributed by atoms with van der Waals surface area (Å²) in [4.78, 5) is 22.7. The Morgan fingerprint density at radius 3 is 2.72 bits per heavy atom. The van der Waals surface area contributed by atoms with Gasteiger partial charge in [0.05, 0.1) is 10.7 Å². The average molecular weight is 450 g/mol. The van der Waals surface area contributed by atoms with E-state index >= 15 is 0 Å². The van der Waals surface area contributed by atoms with Gasteiger partial charge in [-0.25, -0.2) is 0 Å². The normalized spacial score (nSPS) is 10.6. The van der Waals surface area contributed by atoms with E-state index in [1.165, 1.54) is 52.4 Å². The molecule has 150 valence electrons. The molecular formula is C18H16ClN5O3S2. The number of thioether (sulfide) groups is 1. The van der Waals surface area contributed by atoms with Crippen LogP contribution in [0.1, 0.15) is 11.1 Å². The summed E-state index contributed by atoms with van der Waals surface area (Å²) in [6, 6.07) is 10.00. The predicted molar refractivity (Wildman–Crippen MR) is 117 cm³/mol. The number of hydrogen-bond donors (Lipinski definition) is 2. The number of benzene rings is 2.